The molecule has 0 radical (unpaired) electrons. The summed E-state index contributed by atoms with van der Waals surface area (Å²) < 4.78 is 0.926. The van der Waals surface area contributed by atoms with E-state index < -0.39 is 0 Å². The van der Waals surface area contributed by atoms with Crippen molar-refractivity contribution in [2.45, 2.75) is 20.3 Å². The number of halogens is 2. The molecule has 0 aliphatic carbocycles. The van der Waals surface area contributed by atoms with E-state index in [2.05, 4.69) is 40.4 Å². The molecule has 1 amide bonds. The van der Waals surface area contributed by atoms with Crippen molar-refractivity contribution >= 4 is 39.1 Å². The van der Waals surface area contributed by atoms with Gasteiger partial charge in [-0.15, -0.1) is 0 Å². The van der Waals surface area contributed by atoms with E-state index in [4.69, 9.17) is 11.6 Å². The molecule has 0 spiro atoms. The molecule has 1 aromatic carbocycles. The van der Waals surface area contributed by atoms with Crippen molar-refractivity contribution in [1.82, 2.24) is 5.32 Å². The Kier molecular flexibility index (Phi) is 6.50. The molecule has 0 saturated carbocycles. The van der Waals surface area contributed by atoms with Gasteiger partial charge in [0.05, 0.1) is 17.3 Å². The Morgan fingerprint density at radius 1 is 1.44 bits per heavy atom. The van der Waals surface area contributed by atoms with Gasteiger partial charge in [0.25, 0.3) is 0 Å². The summed E-state index contributed by atoms with van der Waals surface area (Å²) in [6, 6.07) is 5.49. The summed E-state index contributed by atoms with van der Waals surface area (Å²) in [4.78, 5) is 11.6. The first kappa shape index (κ1) is 15.3. The molecule has 18 heavy (non-hydrogen) atoms. The molecule has 0 atom stereocenters. The lowest BCUT2D eigenvalue weighted by Crippen LogP contribution is -2.31. The van der Waals surface area contributed by atoms with Gasteiger partial charge in [0.2, 0.25) is 5.91 Å². The highest BCUT2D eigenvalue weighted by Crippen LogP contribution is 2.25. The van der Waals surface area contributed by atoms with Crippen molar-refractivity contribution in [3.63, 3.8) is 0 Å². The maximum absolute atomic E-state index is 11.6. The van der Waals surface area contributed by atoms with E-state index in [0.29, 0.717) is 17.5 Å². The summed E-state index contributed by atoms with van der Waals surface area (Å²) in [6.07, 6.45) is 0.989. The first-order chi connectivity index (χ1) is 8.49. The van der Waals surface area contributed by atoms with Gasteiger partial charge >= 0.3 is 0 Å². The molecule has 0 unspecified atom stereocenters. The molecule has 0 heterocycles. The third kappa shape index (κ3) is 5.74. The monoisotopic (exact) mass is 332 g/mol. The summed E-state index contributed by atoms with van der Waals surface area (Å²) in [6.45, 7) is 5.20. The molecule has 0 saturated heterocycles. The Hall–Kier alpha value is -0.740. The first-order valence-corrected chi connectivity index (χ1v) is 7.11. The molecule has 1 aromatic rings. The second-order valence-corrected chi connectivity index (χ2v) is 5.83. The van der Waals surface area contributed by atoms with Crippen molar-refractivity contribution in [2.24, 2.45) is 5.92 Å². The van der Waals surface area contributed by atoms with Crippen molar-refractivity contribution in [1.29, 1.82) is 0 Å². The van der Waals surface area contributed by atoms with Crippen LogP contribution in [0.25, 0.3) is 0 Å². The number of rotatable bonds is 6. The lowest BCUT2D eigenvalue weighted by molar-refractivity contribution is -0.119. The van der Waals surface area contributed by atoms with Crippen molar-refractivity contribution < 1.29 is 4.79 Å². The van der Waals surface area contributed by atoms with E-state index in [1.165, 1.54) is 0 Å². The van der Waals surface area contributed by atoms with Crippen molar-refractivity contribution in [3.8, 4) is 0 Å². The number of carbonyl (C=O) groups is 1. The van der Waals surface area contributed by atoms with Crippen LogP contribution in [0.5, 0.6) is 0 Å². The maximum Gasteiger partial charge on any atom is 0.239 e. The van der Waals surface area contributed by atoms with Gasteiger partial charge in [0.1, 0.15) is 0 Å². The van der Waals surface area contributed by atoms with Crippen LogP contribution < -0.4 is 10.6 Å². The fourth-order valence-corrected chi connectivity index (χ4v) is 1.92. The van der Waals surface area contributed by atoms with Crippen LogP contribution in [0.2, 0.25) is 5.02 Å². The van der Waals surface area contributed by atoms with Crippen LogP contribution >= 0.6 is 27.5 Å². The zero-order valence-corrected chi connectivity index (χ0v) is 12.9. The average molecular weight is 334 g/mol. The predicted molar refractivity (Wildman–Crippen MR) is 80.1 cm³/mol. The number of benzene rings is 1. The van der Waals surface area contributed by atoms with Crippen molar-refractivity contribution in [2.75, 3.05) is 18.4 Å². The molecular formula is C13H18BrClN2O. The van der Waals surface area contributed by atoms with E-state index in [-0.39, 0.29) is 12.5 Å². The zero-order chi connectivity index (χ0) is 13.5. The fraction of sp³-hybridized carbons (Fsp3) is 0.462. The number of anilines is 1. The van der Waals surface area contributed by atoms with E-state index in [9.17, 15) is 4.79 Å². The SMILES string of the molecule is CC(C)CCNC(=O)CNc1cc(Br)ccc1Cl. The Morgan fingerprint density at radius 2 is 2.17 bits per heavy atom. The van der Waals surface area contributed by atoms with Gasteiger partial charge in [-0.1, -0.05) is 41.4 Å². The second-order valence-electron chi connectivity index (χ2n) is 4.51. The van der Waals surface area contributed by atoms with Crippen LogP contribution in [-0.2, 0) is 4.79 Å². The lowest BCUT2D eigenvalue weighted by atomic mass is 10.1. The van der Waals surface area contributed by atoms with Gasteiger partial charge in [-0.2, -0.15) is 0 Å². The number of hydrogen-bond acceptors (Lipinski definition) is 2. The van der Waals surface area contributed by atoms with Gasteiger partial charge in [0, 0.05) is 11.0 Å². The number of amides is 1. The van der Waals surface area contributed by atoms with Gasteiger partial charge < -0.3 is 10.6 Å². The minimum absolute atomic E-state index is 0.0216. The highest BCUT2D eigenvalue weighted by Gasteiger charge is 2.04. The Morgan fingerprint density at radius 3 is 2.83 bits per heavy atom. The van der Waals surface area contributed by atoms with Gasteiger partial charge in [-0.05, 0) is 30.5 Å². The minimum Gasteiger partial charge on any atom is -0.375 e. The summed E-state index contributed by atoms with van der Waals surface area (Å²) in [5.74, 6) is 0.574. The summed E-state index contributed by atoms with van der Waals surface area (Å²) in [7, 11) is 0. The zero-order valence-electron chi connectivity index (χ0n) is 10.6. The standard InChI is InChI=1S/C13H18BrClN2O/c1-9(2)5-6-16-13(18)8-17-12-7-10(14)3-4-11(12)15/h3-4,7,9,17H,5-6,8H2,1-2H3,(H,16,18). The number of nitrogens with one attached hydrogen (secondary N) is 2. The minimum atomic E-state index is -0.0216. The topological polar surface area (TPSA) is 41.1 Å². The smallest absolute Gasteiger partial charge is 0.239 e. The molecule has 0 aliphatic rings. The number of hydrogen-bond donors (Lipinski definition) is 2. The molecule has 0 aromatic heterocycles. The molecular weight excluding hydrogens is 316 g/mol. The van der Waals surface area contributed by atoms with E-state index in [0.717, 1.165) is 16.6 Å². The van der Waals surface area contributed by atoms with E-state index in [1.54, 1.807) is 6.07 Å². The normalized spacial score (nSPS) is 10.5. The second kappa shape index (κ2) is 7.64. The quantitative estimate of drug-likeness (QED) is 0.834. The van der Waals surface area contributed by atoms with Crippen LogP contribution in [0.1, 0.15) is 20.3 Å². The maximum atomic E-state index is 11.6. The van der Waals surface area contributed by atoms with E-state index in [1.807, 2.05) is 12.1 Å². The van der Waals surface area contributed by atoms with Crippen LogP contribution in [0.4, 0.5) is 5.69 Å². The molecule has 2 N–H and O–H groups in total. The third-order valence-electron chi connectivity index (χ3n) is 2.41. The Balaban J connectivity index is 2.36. The Bertz CT molecular complexity index is 410. The lowest BCUT2D eigenvalue weighted by Gasteiger charge is -2.10. The third-order valence-corrected chi connectivity index (χ3v) is 3.23. The highest BCUT2D eigenvalue weighted by atomic mass is 79.9. The average Bonchev–Trinajstić information content (AvgIpc) is 2.30. The summed E-state index contributed by atoms with van der Waals surface area (Å²) in [5.41, 5.74) is 0.755. The van der Waals surface area contributed by atoms with Crippen LogP contribution in [0.15, 0.2) is 22.7 Å². The molecule has 1 rings (SSSR count). The molecule has 3 nitrogen and oxygen atoms in total. The highest BCUT2D eigenvalue weighted by molar-refractivity contribution is 9.10. The van der Waals surface area contributed by atoms with Gasteiger partial charge in [0.15, 0.2) is 0 Å². The molecule has 0 aliphatic heterocycles. The first-order valence-electron chi connectivity index (χ1n) is 5.94. The molecule has 0 fully saturated rings. The number of carbonyl (C=O) groups excluding carboxylic acids is 1. The van der Waals surface area contributed by atoms with E-state index >= 15 is 0 Å². The molecule has 0 bridgehead atoms. The Labute approximate surface area is 121 Å². The molecule has 100 valence electrons. The van der Waals surface area contributed by atoms with Crippen LogP contribution in [0.3, 0.4) is 0 Å². The summed E-state index contributed by atoms with van der Waals surface area (Å²) in [5, 5.41) is 6.48. The fourth-order valence-electron chi connectivity index (χ4n) is 1.37. The summed E-state index contributed by atoms with van der Waals surface area (Å²) >= 11 is 9.37. The largest absolute Gasteiger partial charge is 0.375 e. The molecule has 5 heteroatoms. The van der Waals surface area contributed by atoms with Crippen LogP contribution in [0, 0.1) is 5.92 Å². The van der Waals surface area contributed by atoms with Gasteiger partial charge in [-0.3, -0.25) is 4.79 Å². The van der Waals surface area contributed by atoms with Crippen molar-refractivity contribution in [3.05, 3.63) is 27.7 Å². The van der Waals surface area contributed by atoms with Crippen LogP contribution in [-0.4, -0.2) is 19.0 Å². The van der Waals surface area contributed by atoms with Gasteiger partial charge in [-0.25, -0.2) is 0 Å². The predicted octanol–water partition coefficient (Wildman–Crippen LogP) is 3.68.